The van der Waals surface area contributed by atoms with Gasteiger partial charge in [0.15, 0.2) is 5.65 Å². The van der Waals surface area contributed by atoms with Crippen molar-refractivity contribution in [1.82, 2.24) is 19.5 Å². The summed E-state index contributed by atoms with van der Waals surface area (Å²) in [6.45, 7) is 9.27. The van der Waals surface area contributed by atoms with Crippen LogP contribution in [0.5, 0.6) is 0 Å². The van der Waals surface area contributed by atoms with Crippen LogP contribution < -0.4 is 0 Å². The van der Waals surface area contributed by atoms with Gasteiger partial charge < -0.3 is 9.64 Å². The zero-order valence-electron chi connectivity index (χ0n) is 14.0. The van der Waals surface area contributed by atoms with E-state index in [9.17, 15) is 4.79 Å². The zero-order valence-corrected chi connectivity index (χ0v) is 14.0. The number of fused-ring (bicyclic) bond motifs is 2. The molecule has 1 saturated carbocycles. The SMILES string of the molecule is Cc1ccc2nnc(C3[C@H]4CN(C(=O)OC(C)(C)C)C[C@@H]34)n2c1. The van der Waals surface area contributed by atoms with Crippen molar-refractivity contribution in [2.75, 3.05) is 13.1 Å². The Bertz CT molecular complexity index is 764. The van der Waals surface area contributed by atoms with Crippen molar-refractivity contribution >= 4 is 11.7 Å². The molecule has 1 amide bonds. The van der Waals surface area contributed by atoms with E-state index in [4.69, 9.17) is 4.74 Å². The third kappa shape index (κ3) is 2.46. The molecule has 4 rings (SSSR count). The van der Waals surface area contributed by atoms with Gasteiger partial charge in [-0.15, -0.1) is 10.2 Å². The van der Waals surface area contributed by atoms with E-state index in [0.29, 0.717) is 17.8 Å². The number of hydrogen-bond donors (Lipinski definition) is 0. The number of amides is 1. The van der Waals surface area contributed by atoms with Gasteiger partial charge in [-0.25, -0.2) is 4.79 Å². The van der Waals surface area contributed by atoms with E-state index < -0.39 is 5.60 Å². The maximum Gasteiger partial charge on any atom is 0.410 e. The minimum absolute atomic E-state index is 0.203. The fraction of sp³-hybridized carbons (Fsp3) is 0.588. The van der Waals surface area contributed by atoms with Gasteiger partial charge in [0.1, 0.15) is 11.4 Å². The molecule has 2 aromatic heterocycles. The molecule has 2 fully saturated rings. The monoisotopic (exact) mass is 314 g/mol. The van der Waals surface area contributed by atoms with E-state index in [-0.39, 0.29) is 6.09 Å². The molecular formula is C17H22N4O2. The second kappa shape index (κ2) is 4.69. The minimum Gasteiger partial charge on any atom is -0.444 e. The first kappa shape index (κ1) is 14.5. The highest BCUT2D eigenvalue weighted by atomic mass is 16.6. The number of carbonyl (C=O) groups excluding carboxylic acids is 1. The molecule has 0 N–H and O–H groups in total. The quantitative estimate of drug-likeness (QED) is 0.812. The van der Waals surface area contributed by atoms with Gasteiger partial charge in [0, 0.05) is 25.2 Å². The maximum atomic E-state index is 12.1. The van der Waals surface area contributed by atoms with Crippen molar-refractivity contribution in [2.24, 2.45) is 11.8 Å². The second-order valence-corrected chi connectivity index (χ2v) is 7.73. The third-order valence-electron chi connectivity index (χ3n) is 4.72. The van der Waals surface area contributed by atoms with Crippen LogP contribution in [0.3, 0.4) is 0 Å². The van der Waals surface area contributed by atoms with Gasteiger partial charge in [-0.2, -0.15) is 0 Å². The lowest BCUT2D eigenvalue weighted by Gasteiger charge is -2.25. The van der Waals surface area contributed by atoms with Crippen molar-refractivity contribution in [3.8, 4) is 0 Å². The van der Waals surface area contributed by atoms with Crippen molar-refractivity contribution in [3.05, 3.63) is 29.7 Å². The van der Waals surface area contributed by atoms with Gasteiger partial charge in [-0.1, -0.05) is 6.07 Å². The summed E-state index contributed by atoms with van der Waals surface area (Å²) in [5.74, 6) is 2.40. The summed E-state index contributed by atoms with van der Waals surface area (Å²) in [5, 5.41) is 8.65. The molecule has 1 aliphatic carbocycles. The van der Waals surface area contributed by atoms with E-state index in [2.05, 4.69) is 27.7 Å². The number of hydrogen-bond acceptors (Lipinski definition) is 4. The highest BCUT2D eigenvalue weighted by Crippen LogP contribution is 2.57. The van der Waals surface area contributed by atoms with Gasteiger partial charge in [0.25, 0.3) is 0 Å². The number of aromatic nitrogens is 3. The maximum absolute atomic E-state index is 12.1. The van der Waals surface area contributed by atoms with Crippen LogP contribution >= 0.6 is 0 Å². The number of aryl methyl sites for hydroxylation is 1. The highest BCUT2D eigenvalue weighted by molar-refractivity contribution is 5.69. The van der Waals surface area contributed by atoms with Crippen LogP contribution in [-0.2, 0) is 4.74 Å². The van der Waals surface area contributed by atoms with Gasteiger partial charge >= 0.3 is 6.09 Å². The highest BCUT2D eigenvalue weighted by Gasteiger charge is 2.59. The lowest BCUT2D eigenvalue weighted by Crippen LogP contribution is -2.37. The molecule has 0 spiro atoms. The average molecular weight is 314 g/mol. The molecule has 1 aliphatic heterocycles. The lowest BCUT2D eigenvalue weighted by molar-refractivity contribution is 0.0270. The van der Waals surface area contributed by atoms with Crippen molar-refractivity contribution < 1.29 is 9.53 Å². The normalized spacial score (nSPS) is 26.4. The van der Waals surface area contributed by atoms with Gasteiger partial charge in [-0.3, -0.25) is 4.40 Å². The van der Waals surface area contributed by atoms with E-state index in [1.807, 2.05) is 37.8 Å². The first-order valence-corrected chi connectivity index (χ1v) is 8.13. The lowest BCUT2D eigenvalue weighted by atomic mass is 10.2. The Morgan fingerprint density at radius 2 is 1.91 bits per heavy atom. The number of nitrogens with zero attached hydrogens (tertiary/aromatic N) is 4. The number of pyridine rings is 1. The fourth-order valence-corrected chi connectivity index (χ4v) is 3.63. The van der Waals surface area contributed by atoms with Crippen LogP contribution in [0.25, 0.3) is 5.65 Å². The first-order chi connectivity index (χ1) is 10.8. The molecule has 1 saturated heterocycles. The largest absolute Gasteiger partial charge is 0.444 e. The van der Waals surface area contributed by atoms with Crippen LogP contribution in [0.4, 0.5) is 4.79 Å². The van der Waals surface area contributed by atoms with Crippen LogP contribution in [0.2, 0.25) is 0 Å². The molecule has 3 atom stereocenters. The van der Waals surface area contributed by atoms with Crippen LogP contribution in [-0.4, -0.2) is 44.3 Å². The number of rotatable bonds is 1. The van der Waals surface area contributed by atoms with E-state index in [1.165, 1.54) is 5.56 Å². The Kier molecular flexibility index (Phi) is 2.95. The van der Waals surface area contributed by atoms with Crippen LogP contribution in [0, 0.1) is 18.8 Å². The smallest absolute Gasteiger partial charge is 0.410 e. The first-order valence-electron chi connectivity index (χ1n) is 8.13. The number of carbonyl (C=O) groups is 1. The topological polar surface area (TPSA) is 59.7 Å². The predicted octanol–water partition coefficient (Wildman–Crippen LogP) is 2.62. The average Bonchev–Trinajstić information content (AvgIpc) is 2.85. The van der Waals surface area contributed by atoms with E-state index >= 15 is 0 Å². The number of ether oxygens (including phenoxy) is 1. The minimum atomic E-state index is -0.440. The summed E-state index contributed by atoms with van der Waals surface area (Å²) >= 11 is 0. The third-order valence-corrected chi connectivity index (χ3v) is 4.72. The van der Waals surface area contributed by atoms with E-state index in [1.54, 1.807) is 0 Å². The van der Waals surface area contributed by atoms with Gasteiger partial charge in [-0.05, 0) is 51.2 Å². The van der Waals surface area contributed by atoms with Crippen molar-refractivity contribution in [1.29, 1.82) is 0 Å². The Morgan fingerprint density at radius 3 is 2.57 bits per heavy atom. The molecule has 122 valence electrons. The molecule has 23 heavy (non-hydrogen) atoms. The zero-order chi connectivity index (χ0) is 16.4. The number of piperidine rings is 1. The molecule has 0 aromatic carbocycles. The summed E-state index contributed by atoms with van der Waals surface area (Å²) in [7, 11) is 0. The van der Waals surface area contributed by atoms with Gasteiger partial charge in [0.2, 0.25) is 0 Å². The Hall–Kier alpha value is -2.11. The Labute approximate surface area is 135 Å². The second-order valence-electron chi connectivity index (χ2n) is 7.73. The number of likely N-dealkylation sites (tertiary alicyclic amines) is 1. The summed E-state index contributed by atoms with van der Waals surface area (Å²) in [6, 6.07) is 4.04. The molecule has 0 bridgehead atoms. The molecule has 2 aromatic rings. The summed E-state index contributed by atoms with van der Waals surface area (Å²) in [4.78, 5) is 14.0. The molecule has 0 radical (unpaired) electrons. The molecule has 2 aliphatic rings. The summed E-state index contributed by atoms with van der Waals surface area (Å²) < 4.78 is 7.55. The predicted molar refractivity (Wildman–Crippen MR) is 85.3 cm³/mol. The van der Waals surface area contributed by atoms with E-state index in [0.717, 1.165) is 24.6 Å². The van der Waals surface area contributed by atoms with Crippen LogP contribution in [0.15, 0.2) is 18.3 Å². The van der Waals surface area contributed by atoms with Crippen LogP contribution in [0.1, 0.15) is 38.1 Å². The summed E-state index contributed by atoms with van der Waals surface area (Å²) in [5.41, 5.74) is 1.64. The Morgan fingerprint density at radius 1 is 1.22 bits per heavy atom. The standard InChI is InChI=1S/C17H22N4O2/c1-10-5-6-13-18-19-15(21(13)7-10)14-11-8-20(9-12(11)14)16(22)23-17(2,3)4/h5-7,11-12,14H,8-9H2,1-4H3/t11-,12+,14?. The molecule has 6 heteroatoms. The molecule has 3 heterocycles. The summed E-state index contributed by atoms with van der Waals surface area (Å²) in [6.07, 6.45) is 1.88. The fourth-order valence-electron chi connectivity index (χ4n) is 3.63. The van der Waals surface area contributed by atoms with Gasteiger partial charge in [0.05, 0.1) is 0 Å². The molecule has 1 unspecified atom stereocenters. The van der Waals surface area contributed by atoms with Crippen molar-refractivity contribution in [2.45, 2.75) is 39.2 Å². The van der Waals surface area contributed by atoms with Crippen molar-refractivity contribution in [3.63, 3.8) is 0 Å². The molecular weight excluding hydrogens is 292 g/mol. The Balaban J connectivity index is 1.48. The molecule has 6 nitrogen and oxygen atoms in total.